The molecule has 3 aromatic rings. The van der Waals surface area contributed by atoms with E-state index in [2.05, 4.69) is 9.69 Å². The van der Waals surface area contributed by atoms with Gasteiger partial charge in [0.1, 0.15) is 16.7 Å². The molecule has 1 aromatic heterocycles. The molecule has 4 rings (SSSR count). The van der Waals surface area contributed by atoms with Gasteiger partial charge in [0.05, 0.1) is 12.3 Å². The molecule has 3 amide bonds. The first-order valence-electron chi connectivity index (χ1n) is 13.2. The lowest BCUT2D eigenvalue weighted by molar-refractivity contribution is -0.123. The molecular weight excluding hydrogens is 514 g/mol. The third kappa shape index (κ3) is 6.22. The van der Waals surface area contributed by atoms with Crippen LogP contribution in [0.3, 0.4) is 0 Å². The Hall–Kier alpha value is -3.92. The van der Waals surface area contributed by atoms with Crippen molar-refractivity contribution < 1.29 is 19.1 Å². The molecule has 1 aliphatic rings. The Labute approximate surface area is 232 Å². The molecule has 0 spiro atoms. The van der Waals surface area contributed by atoms with E-state index in [-0.39, 0.29) is 28.2 Å². The number of carbonyl (C=O) groups excluding carboxylic acids is 3. The predicted molar refractivity (Wildman–Crippen MR) is 153 cm³/mol. The minimum Gasteiger partial charge on any atom is -0.494 e. The van der Waals surface area contributed by atoms with Gasteiger partial charge < -0.3 is 21.5 Å². The van der Waals surface area contributed by atoms with Crippen molar-refractivity contribution in [2.75, 3.05) is 17.2 Å². The van der Waals surface area contributed by atoms with Gasteiger partial charge in [-0.2, -0.15) is 4.37 Å². The van der Waals surface area contributed by atoms with Gasteiger partial charge in [-0.15, -0.1) is 0 Å². The number of carbonyl (C=O) groups is 3. The maximum atomic E-state index is 14.2. The van der Waals surface area contributed by atoms with Crippen LogP contribution in [0.15, 0.2) is 42.5 Å². The first-order chi connectivity index (χ1) is 18.7. The Morgan fingerprint density at radius 2 is 1.77 bits per heavy atom. The lowest BCUT2D eigenvalue weighted by Gasteiger charge is -2.33. The maximum absolute atomic E-state index is 14.2. The number of aromatic nitrogens is 1. The van der Waals surface area contributed by atoms with Crippen LogP contribution in [0, 0.1) is 13.8 Å². The molecule has 1 heterocycles. The van der Waals surface area contributed by atoms with E-state index in [0.29, 0.717) is 23.6 Å². The van der Waals surface area contributed by atoms with Gasteiger partial charge in [0, 0.05) is 11.7 Å². The van der Waals surface area contributed by atoms with Crippen molar-refractivity contribution in [2.45, 2.75) is 65.0 Å². The minimum absolute atomic E-state index is 0.0306. The van der Waals surface area contributed by atoms with Crippen LogP contribution < -0.4 is 26.4 Å². The zero-order valence-corrected chi connectivity index (χ0v) is 23.3. The van der Waals surface area contributed by atoms with Crippen LogP contribution in [-0.4, -0.2) is 34.7 Å². The molecule has 1 aliphatic carbocycles. The number of nitrogens with one attached hydrogen (secondary N) is 1. The molecular formula is C29H35N5O4S. The summed E-state index contributed by atoms with van der Waals surface area (Å²) in [6, 6.07) is 11.8. The third-order valence-corrected chi connectivity index (χ3v) is 7.96. The highest BCUT2D eigenvalue weighted by molar-refractivity contribution is 7.09. The largest absolute Gasteiger partial charge is 0.494 e. The predicted octanol–water partition coefficient (Wildman–Crippen LogP) is 4.68. The molecule has 2 aromatic carbocycles. The van der Waals surface area contributed by atoms with E-state index in [0.717, 1.165) is 54.8 Å². The van der Waals surface area contributed by atoms with Crippen LogP contribution in [0.1, 0.15) is 81.9 Å². The molecule has 1 atom stereocenters. The number of ether oxygens (including phenoxy) is 1. The van der Waals surface area contributed by atoms with E-state index < -0.39 is 17.9 Å². The molecule has 206 valence electrons. The third-order valence-electron chi connectivity index (χ3n) is 7.11. The van der Waals surface area contributed by atoms with Crippen molar-refractivity contribution in [3.63, 3.8) is 0 Å². The van der Waals surface area contributed by atoms with E-state index in [1.807, 2.05) is 39.0 Å². The van der Waals surface area contributed by atoms with E-state index >= 15 is 0 Å². The second kappa shape index (κ2) is 12.3. The number of nitrogens with zero attached hydrogens (tertiary/aromatic N) is 2. The van der Waals surface area contributed by atoms with Crippen molar-refractivity contribution in [3.8, 4) is 5.75 Å². The standard InChI is InChI=1S/C29H35N5O4S/c1-4-38-22-14-11-19(12-15-22)25(28(36)32-20-8-6-5-7-9-20)34(21-13-10-17(2)18(3)16-21)29(37)26-23(30)24(27(31)35)33-39-26/h10-16,20,25H,4-9,30H2,1-3H3,(H2,31,35)(H,32,36). The number of amides is 3. The van der Waals surface area contributed by atoms with Crippen molar-refractivity contribution in [3.05, 3.63) is 69.7 Å². The summed E-state index contributed by atoms with van der Waals surface area (Å²) in [5, 5.41) is 3.20. The van der Waals surface area contributed by atoms with Gasteiger partial charge >= 0.3 is 0 Å². The van der Waals surface area contributed by atoms with E-state index in [9.17, 15) is 14.4 Å². The Morgan fingerprint density at radius 1 is 1.08 bits per heavy atom. The molecule has 5 N–H and O–H groups in total. The summed E-state index contributed by atoms with van der Waals surface area (Å²) >= 11 is 0.793. The number of hydrogen-bond donors (Lipinski definition) is 3. The normalized spacial score (nSPS) is 14.4. The molecule has 1 unspecified atom stereocenters. The smallest absolute Gasteiger partial charge is 0.273 e. The number of benzene rings is 2. The molecule has 39 heavy (non-hydrogen) atoms. The molecule has 10 heteroatoms. The number of nitrogen functional groups attached to an aromatic ring is 1. The number of rotatable bonds is 9. The van der Waals surface area contributed by atoms with Crippen molar-refractivity contribution >= 4 is 40.6 Å². The van der Waals surface area contributed by atoms with Gasteiger partial charge in [-0.25, -0.2) is 0 Å². The maximum Gasteiger partial charge on any atom is 0.273 e. The SMILES string of the molecule is CCOc1ccc(C(C(=O)NC2CCCCC2)N(C(=O)c2snc(C(N)=O)c2N)c2ccc(C)c(C)c2)cc1. The van der Waals surface area contributed by atoms with Crippen LogP contribution in [-0.2, 0) is 4.79 Å². The van der Waals surface area contributed by atoms with Crippen molar-refractivity contribution in [1.82, 2.24) is 9.69 Å². The topological polar surface area (TPSA) is 141 Å². The summed E-state index contributed by atoms with van der Waals surface area (Å²) < 4.78 is 9.63. The fourth-order valence-electron chi connectivity index (χ4n) is 4.86. The molecule has 0 aliphatic heterocycles. The number of primary amides is 1. The Bertz CT molecular complexity index is 1350. The van der Waals surface area contributed by atoms with Crippen molar-refractivity contribution in [1.29, 1.82) is 0 Å². The monoisotopic (exact) mass is 549 g/mol. The highest BCUT2D eigenvalue weighted by Crippen LogP contribution is 2.35. The van der Waals surface area contributed by atoms with Crippen LogP contribution in [0.2, 0.25) is 0 Å². The first-order valence-corrected chi connectivity index (χ1v) is 14.0. The van der Waals surface area contributed by atoms with E-state index in [4.69, 9.17) is 16.2 Å². The van der Waals surface area contributed by atoms with Gasteiger partial charge in [0.25, 0.3) is 11.8 Å². The minimum atomic E-state index is -1.02. The van der Waals surface area contributed by atoms with Crippen LogP contribution in [0.4, 0.5) is 11.4 Å². The second-order valence-electron chi connectivity index (χ2n) is 9.83. The lowest BCUT2D eigenvalue weighted by atomic mass is 9.94. The zero-order valence-electron chi connectivity index (χ0n) is 22.5. The van der Waals surface area contributed by atoms with Gasteiger partial charge in [-0.1, -0.05) is 37.5 Å². The second-order valence-corrected chi connectivity index (χ2v) is 10.6. The Morgan fingerprint density at radius 3 is 2.36 bits per heavy atom. The average Bonchev–Trinajstić information content (AvgIpc) is 3.31. The van der Waals surface area contributed by atoms with Gasteiger partial charge in [0.15, 0.2) is 5.69 Å². The van der Waals surface area contributed by atoms with Crippen LogP contribution in [0.25, 0.3) is 0 Å². The number of hydrogen-bond acceptors (Lipinski definition) is 7. The van der Waals surface area contributed by atoms with E-state index in [1.165, 1.54) is 4.90 Å². The highest BCUT2D eigenvalue weighted by Gasteiger charge is 2.37. The Balaban J connectivity index is 1.85. The van der Waals surface area contributed by atoms with Gasteiger partial charge in [0.2, 0.25) is 5.91 Å². The Kier molecular flexibility index (Phi) is 8.86. The molecule has 1 fully saturated rings. The summed E-state index contributed by atoms with van der Waals surface area (Å²) in [5.41, 5.74) is 14.5. The highest BCUT2D eigenvalue weighted by atomic mass is 32.1. The summed E-state index contributed by atoms with van der Waals surface area (Å²) in [4.78, 5) is 41.6. The van der Waals surface area contributed by atoms with Gasteiger partial charge in [-0.05, 0) is 86.1 Å². The number of aryl methyl sites for hydroxylation is 2. The first kappa shape index (κ1) is 28.1. The summed E-state index contributed by atoms with van der Waals surface area (Å²) in [6.07, 6.45) is 5.03. The average molecular weight is 550 g/mol. The molecule has 0 saturated heterocycles. The quantitative estimate of drug-likeness (QED) is 0.354. The summed E-state index contributed by atoms with van der Waals surface area (Å²) in [7, 11) is 0. The molecule has 0 radical (unpaired) electrons. The summed E-state index contributed by atoms with van der Waals surface area (Å²) in [6.45, 7) is 6.33. The lowest BCUT2D eigenvalue weighted by Crippen LogP contribution is -2.47. The molecule has 0 bridgehead atoms. The van der Waals surface area contributed by atoms with E-state index in [1.54, 1.807) is 24.3 Å². The van der Waals surface area contributed by atoms with Crippen LogP contribution >= 0.6 is 11.5 Å². The fourth-order valence-corrected chi connectivity index (χ4v) is 5.60. The zero-order chi connectivity index (χ0) is 28.1. The molecule has 9 nitrogen and oxygen atoms in total. The van der Waals surface area contributed by atoms with Crippen LogP contribution in [0.5, 0.6) is 5.75 Å². The fraction of sp³-hybridized carbons (Fsp3) is 0.379. The summed E-state index contributed by atoms with van der Waals surface area (Å²) in [5.74, 6) is -0.998. The number of anilines is 2. The molecule has 1 saturated carbocycles. The van der Waals surface area contributed by atoms with Crippen molar-refractivity contribution in [2.24, 2.45) is 5.73 Å². The number of nitrogens with two attached hydrogens (primary N) is 2. The van der Waals surface area contributed by atoms with Gasteiger partial charge in [-0.3, -0.25) is 19.3 Å².